The van der Waals surface area contributed by atoms with Crippen LogP contribution in [0.25, 0.3) is 0 Å². The second-order valence-corrected chi connectivity index (χ2v) is 8.18. The van der Waals surface area contributed by atoms with Gasteiger partial charge >= 0.3 is 0 Å². The second kappa shape index (κ2) is 8.92. The van der Waals surface area contributed by atoms with Crippen LogP contribution in [-0.4, -0.2) is 37.4 Å². The van der Waals surface area contributed by atoms with Gasteiger partial charge in [0.1, 0.15) is 6.04 Å². The van der Waals surface area contributed by atoms with Gasteiger partial charge in [-0.1, -0.05) is 6.07 Å². The Labute approximate surface area is 187 Å². The number of nitrogens with zero attached hydrogens (tertiary/aromatic N) is 4. The Bertz CT molecular complexity index is 1080. The van der Waals surface area contributed by atoms with E-state index in [1.54, 1.807) is 17.1 Å². The fourth-order valence-electron chi connectivity index (χ4n) is 3.41. The van der Waals surface area contributed by atoms with Crippen LogP contribution in [-0.2, 0) is 11.2 Å². The maximum atomic E-state index is 13.3. The highest BCUT2D eigenvalue weighted by molar-refractivity contribution is 14.1. The molecule has 1 amide bonds. The molecule has 3 heterocycles. The van der Waals surface area contributed by atoms with Crippen LogP contribution in [0.15, 0.2) is 60.1 Å². The molecule has 0 radical (unpaired) electrons. The molecule has 1 atom stereocenters. The number of allylic oxidation sites excluding steroid dienone is 1. The van der Waals surface area contributed by atoms with Gasteiger partial charge in [-0.05, 0) is 71.8 Å². The number of nitrogens with one attached hydrogen (secondary N) is 2. The summed E-state index contributed by atoms with van der Waals surface area (Å²) in [5.74, 6) is 0.973. The summed E-state index contributed by atoms with van der Waals surface area (Å²) in [6, 6.07) is 10.9. The molecular weight excluding hydrogens is 495 g/mol. The van der Waals surface area contributed by atoms with Crippen molar-refractivity contribution in [2.24, 2.45) is 0 Å². The maximum absolute atomic E-state index is 13.3. The van der Waals surface area contributed by atoms with Crippen molar-refractivity contribution in [2.45, 2.75) is 25.8 Å². The molecule has 0 aliphatic carbocycles. The average molecular weight is 516 g/mol. The van der Waals surface area contributed by atoms with Gasteiger partial charge in [0.05, 0.1) is 5.57 Å². The summed E-state index contributed by atoms with van der Waals surface area (Å²) in [7, 11) is 0. The molecule has 1 aromatic carbocycles. The summed E-state index contributed by atoms with van der Waals surface area (Å²) < 4.78 is 2.82. The lowest BCUT2D eigenvalue weighted by Crippen LogP contribution is -2.31. The summed E-state index contributed by atoms with van der Waals surface area (Å²) in [5, 5.41) is 19.9. The number of halogens is 1. The van der Waals surface area contributed by atoms with E-state index in [9.17, 15) is 4.79 Å². The van der Waals surface area contributed by atoms with E-state index in [2.05, 4.69) is 48.3 Å². The number of aryl methyl sites for hydroxylation is 1. The number of hydrogen-bond donors (Lipinski definition) is 3. The molecule has 3 N–H and O–H groups in total. The molecule has 3 aromatic rings. The van der Waals surface area contributed by atoms with Crippen LogP contribution >= 0.6 is 22.6 Å². The molecule has 0 spiro atoms. The van der Waals surface area contributed by atoms with E-state index in [1.807, 2.05) is 43.3 Å². The van der Waals surface area contributed by atoms with Gasteiger partial charge in [-0.15, -0.1) is 0 Å². The lowest BCUT2D eigenvalue weighted by atomic mass is 9.96. The van der Waals surface area contributed by atoms with Crippen molar-refractivity contribution in [1.29, 1.82) is 0 Å². The van der Waals surface area contributed by atoms with Crippen LogP contribution in [0, 0.1) is 3.57 Å². The standard InChI is InChI=1S/C21H21IN6O2/c1-13-18(20(30)25-16-8-6-15(22)7-9-16)19(14-4-2-10-23-12-14)28-21(24-13)26-17(27-28)5-3-11-29/h2,4,6-10,12,19,29H,3,5,11H2,1H3,(H,25,30)(H,24,26,27). The minimum atomic E-state index is -0.464. The van der Waals surface area contributed by atoms with E-state index in [1.165, 1.54) is 0 Å². The topological polar surface area (TPSA) is 105 Å². The molecule has 2 aromatic heterocycles. The van der Waals surface area contributed by atoms with Crippen molar-refractivity contribution in [3.8, 4) is 0 Å². The van der Waals surface area contributed by atoms with Crippen LogP contribution in [0.1, 0.15) is 30.8 Å². The SMILES string of the molecule is CC1=C(C(=O)Nc2ccc(I)cc2)C(c2cccnc2)n2nc(CCCO)nc2N1. The monoisotopic (exact) mass is 516 g/mol. The fraction of sp³-hybridized carbons (Fsp3) is 0.238. The molecule has 0 saturated heterocycles. The zero-order chi connectivity index (χ0) is 21.1. The number of carbonyl (C=O) groups is 1. The van der Waals surface area contributed by atoms with Gasteiger partial charge in [0.15, 0.2) is 5.82 Å². The highest BCUT2D eigenvalue weighted by atomic mass is 127. The molecule has 1 aliphatic rings. The highest BCUT2D eigenvalue weighted by Crippen LogP contribution is 2.35. The number of rotatable bonds is 6. The third kappa shape index (κ3) is 4.21. The quantitative estimate of drug-likeness (QED) is 0.435. The van der Waals surface area contributed by atoms with E-state index in [-0.39, 0.29) is 12.5 Å². The Morgan fingerprint density at radius 1 is 1.30 bits per heavy atom. The summed E-state index contributed by atoms with van der Waals surface area (Å²) in [6.45, 7) is 1.93. The minimum Gasteiger partial charge on any atom is -0.396 e. The molecule has 0 fully saturated rings. The Kier molecular flexibility index (Phi) is 6.09. The van der Waals surface area contributed by atoms with Crippen LogP contribution in [0.3, 0.4) is 0 Å². The van der Waals surface area contributed by atoms with Gasteiger partial charge in [-0.3, -0.25) is 9.78 Å². The first-order chi connectivity index (χ1) is 14.6. The Morgan fingerprint density at radius 2 is 2.10 bits per heavy atom. The van der Waals surface area contributed by atoms with Gasteiger partial charge in [0.2, 0.25) is 5.95 Å². The molecule has 30 heavy (non-hydrogen) atoms. The van der Waals surface area contributed by atoms with Crippen LogP contribution in [0.4, 0.5) is 11.6 Å². The van der Waals surface area contributed by atoms with Crippen molar-refractivity contribution >= 4 is 40.1 Å². The van der Waals surface area contributed by atoms with Crippen LogP contribution < -0.4 is 10.6 Å². The van der Waals surface area contributed by atoms with E-state index < -0.39 is 6.04 Å². The third-order valence-corrected chi connectivity index (χ3v) is 5.52. The first kappa shape index (κ1) is 20.5. The van der Waals surface area contributed by atoms with E-state index in [4.69, 9.17) is 5.11 Å². The van der Waals surface area contributed by atoms with Crippen molar-refractivity contribution in [2.75, 3.05) is 17.2 Å². The summed E-state index contributed by atoms with van der Waals surface area (Å²) in [4.78, 5) is 22.1. The van der Waals surface area contributed by atoms with Crippen molar-refractivity contribution in [1.82, 2.24) is 19.7 Å². The third-order valence-electron chi connectivity index (χ3n) is 4.80. The highest BCUT2D eigenvalue weighted by Gasteiger charge is 2.34. The summed E-state index contributed by atoms with van der Waals surface area (Å²) >= 11 is 2.23. The molecule has 1 aliphatic heterocycles. The summed E-state index contributed by atoms with van der Waals surface area (Å²) in [5.41, 5.74) is 2.82. The average Bonchev–Trinajstić information content (AvgIpc) is 3.15. The molecular formula is C21H21IN6O2. The number of amides is 1. The molecule has 0 bridgehead atoms. The maximum Gasteiger partial charge on any atom is 0.255 e. The van der Waals surface area contributed by atoms with Crippen molar-refractivity contribution in [3.05, 3.63) is 75.0 Å². The van der Waals surface area contributed by atoms with Crippen LogP contribution in [0.5, 0.6) is 0 Å². The van der Waals surface area contributed by atoms with E-state index in [0.29, 0.717) is 35.9 Å². The van der Waals surface area contributed by atoms with Crippen LogP contribution in [0.2, 0.25) is 0 Å². The normalized spacial score (nSPS) is 15.5. The predicted octanol–water partition coefficient (Wildman–Crippen LogP) is 3.13. The molecule has 154 valence electrons. The minimum absolute atomic E-state index is 0.0737. The number of aliphatic hydroxyl groups excluding tert-OH is 1. The number of anilines is 2. The molecule has 4 rings (SSSR count). The Balaban J connectivity index is 1.73. The van der Waals surface area contributed by atoms with Gasteiger partial charge in [-0.2, -0.15) is 10.1 Å². The number of aromatic nitrogens is 4. The molecule has 0 saturated carbocycles. The number of aliphatic hydroxyl groups is 1. The Hall–Kier alpha value is -2.79. The first-order valence-electron chi connectivity index (χ1n) is 9.57. The van der Waals surface area contributed by atoms with Crippen molar-refractivity contribution < 1.29 is 9.90 Å². The lowest BCUT2D eigenvalue weighted by molar-refractivity contribution is -0.113. The number of hydrogen-bond acceptors (Lipinski definition) is 6. The zero-order valence-corrected chi connectivity index (χ0v) is 18.5. The molecule has 9 heteroatoms. The second-order valence-electron chi connectivity index (χ2n) is 6.94. The fourth-order valence-corrected chi connectivity index (χ4v) is 3.77. The Morgan fingerprint density at radius 3 is 2.80 bits per heavy atom. The summed E-state index contributed by atoms with van der Waals surface area (Å²) in [6.07, 6.45) is 4.57. The predicted molar refractivity (Wildman–Crippen MR) is 122 cm³/mol. The largest absolute Gasteiger partial charge is 0.396 e. The number of benzene rings is 1. The van der Waals surface area contributed by atoms with Gasteiger partial charge in [0, 0.05) is 40.4 Å². The smallest absolute Gasteiger partial charge is 0.255 e. The molecule has 8 nitrogen and oxygen atoms in total. The van der Waals surface area contributed by atoms with E-state index >= 15 is 0 Å². The zero-order valence-electron chi connectivity index (χ0n) is 16.3. The van der Waals surface area contributed by atoms with E-state index in [0.717, 1.165) is 14.8 Å². The van der Waals surface area contributed by atoms with Gasteiger partial charge in [-0.25, -0.2) is 4.68 Å². The number of fused-ring (bicyclic) bond motifs is 1. The lowest BCUT2D eigenvalue weighted by Gasteiger charge is -2.28. The van der Waals surface area contributed by atoms with Gasteiger partial charge < -0.3 is 15.7 Å². The number of carbonyl (C=O) groups excluding carboxylic acids is 1. The number of pyridine rings is 1. The molecule has 1 unspecified atom stereocenters. The van der Waals surface area contributed by atoms with Gasteiger partial charge in [0.25, 0.3) is 5.91 Å². The van der Waals surface area contributed by atoms with Crippen molar-refractivity contribution in [3.63, 3.8) is 0 Å². The first-order valence-corrected chi connectivity index (χ1v) is 10.7.